The molecule has 7 heteroatoms. The molecule has 0 saturated carbocycles. The molecule has 2 aromatic rings. The third-order valence-electron chi connectivity index (χ3n) is 4.94. The molecule has 0 bridgehead atoms. The smallest absolute Gasteiger partial charge is 0.229 e. The summed E-state index contributed by atoms with van der Waals surface area (Å²) in [6.07, 6.45) is 0.137. The minimum Gasteiger partial charge on any atom is -0.495 e. The van der Waals surface area contributed by atoms with E-state index in [2.05, 4.69) is 5.32 Å². The van der Waals surface area contributed by atoms with Crippen LogP contribution in [0.5, 0.6) is 17.2 Å². The molecular formula is C23H28N2O5. The highest BCUT2D eigenvalue weighted by molar-refractivity contribution is 6.04. The Labute approximate surface area is 176 Å². The molecule has 1 unspecified atom stereocenters. The Morgan fingerprint density at radius 3 is 2.53 bits per heavy atom. The molecule has 3 rings (SSSR count). The number of carbonyl (C=O) groups excluding carboxylic acids is 2. The standard InChI is InChI=1S/C23H28N2O5/c1-5-29-17-8-10-20(30-6-2)18(13-17)24-23(27)16-12-22(26)25(14-16)19-11-15(3)7-9-21(19)28-4/h7-11,13,16H,5-6,12,14H2,1-4H3,(H,24,27). The zero-order chi connectivity index (χ0) is 21.7. The average molecular weight is 412 g/mol. The summed E-state index contributed by atoms with van der Waals surface area (Å²) in [5.41, 5.74) is 2.23. The molecule has 1 aliphatic rings. The number of ether oxygens (including phenoxy) is 3. The molecule has 1 N–H and O–H groups in total. The largest absolute Gasteiger partial charge is 0.495 e. The number of methoxy groups -OCH3 is 1. The van der Waals surface area contributed by atoms with Gasteiger partial charge in [0.1, 0.15) is 17.2 Å². The van der Waals surface area contributed by atoms with E-state index in [-0.39, 0.29) is 18.2 Å². The number of anilines is 2. The first kappa shape index (κ1) is 21.5. The number of hydrogen-bond acceptors (Lipinski definition) is 5. The highest BCUT2D eigenvalue weighted by atomic mass is 16.5. The fraction of sp³-hybridized carbons (Fsp3) is 0.391. The van der Waals surface area contributed by atoms with Crippen molar-refractivity contribution >= 4 is 23.2 Å². The zero-order valence-electron chi connectivity index (χ0n) is 17.9. The minimum atomic E-state index is -0.479. The lowest BCUT2D eigenvalue weighted by atomic mass is 10.1. The summed E-state index contributed by atoms with van der Waals surface area (Å²) in [5, 5.41) is 2.91. The topological polar surface area (TPSA) is 77.1 Å². The van der Waals surface area contributed by atoms with E-state index < -0.39 is 5.92 Å². The third-order valence-corrected chi connectivity index (χ3v) is 4.94. The molecule has 2 amide bonds. The van der Waals surface area contributed by atoms with Crippen molar-refractivity contribution in [3.05, 3.63) is 42.0 Å². The molecule has 1 atom stereocenters. The quantitative estimate of drug-likeness (QED) is 0.714. The van der Waals surface area contributed by atoms with Crippen molar-refractivity contribution in [2.45, 2.75) is 27.2 Å². The van der Waals surface area contributed by atoms with Crippen LogP contribution >= 0.6 is 0 Å². The minimum absolute atomic E-state index is 0.104. The molecule has 1 fully saturated rings. The average Bonchev–Trinajstić information content (AvgIpc) is 3.12. The van der Waals surface area contributed by atoms with Crippen LogP contribution in [0.25, 0.3) is 0 Å². The van der Waals surface area contributed by atoms with Gasteiger partial charge in [0.15, 0.2) is 0 Å². The SMILES string of the molecule is CCOc1ccc(OCC)c(NC(=O)C2CC(=O)N(c3cc(C)ccc3OC)C2)c1. The number of nitrogens with zero attached hydrogens (tertiary/aromatic N) is 1. The fourth-order valence-corrected chi connectivity index (χ4v) is 3.51. The molecule has 0 aromatic heterocycles. The van der Waals surface area contributed by atoms with Crippen LogP contribution in [0, 0.1) is 12.8 Å². The molecule has 1 aliphatic heterocycles. The lowest BCUT2D eigenvalue weighted by Crippen LogP contribution is -2.28. The maximum atomic E-state index is 13.0. The number of nitrogens with one attached hydrogen (secondary N) is 1. The number of carbonyl (C=O) groups is 2. The van der Waals surface area contributed by atoms with Crippen LogP contribution in [-0.2, 0) is 9.59 Å². The summed E-state index contributed by atoms with van der Waals surface area (Å²) in [4.78, 5) is 27.3. The molecule has 0 spiro atoms. The van der Waals surface area contributed by atoms with Crippen LogP contribution in [0.3, 0.4) is 0 Å². The first-order chi connectivity index (χ1) is 14.5. The number of aryl methyl sites for hydroxylation is 1. The van der Waals surface area contributed by atoms with Crippen molar-refractivity contribution in [1.29, 1.82) is 0 Å². The van der Waals surface area contributed by atoms with Crippen LogP contribution < -0.4 is 24.4 Å². The Bertz CT molecular complexity index is 928. The van der Waals surface area contributed by atoms with Gasteiger partial charge >= 0.3 is 0 Å². The van der Waals surface area contributed by atoms with E-state index in [1.54, 1.807) is 30.2 Å². The lowest BCUT2D eigenvalue weighted by molar-refractivity contribution is -0.122. The number of amides is 2. The van der Waals surface area contributed by atoms with Gasteiger partial charge in [-0.25, -0.2) is 0 Å². The predicted molar refractivity (Wildman–Crippen MR) is 116 cm³/mol. The van der Waals surface area contributed by atoms with E-state index in [0.29, 0.717) is 48.4 Å². The van der Waals surface area contributed by atoms with E-state index in [1.165, 1.54) is 0 Å². The first-order valence-electron chi connectivity index (χ1n) is 10.1. The molecule has 0 aliphatic carbocycles. The Morgan fingerprint density at radius 1 is 1.10 bits per heavy atom. The van der Waals surface area contributed by atoms with Crippen LogP contribution in [0.2, 0.25) is 0 Å². The van der Waals surface area contributed by atoms with Crippen LogP contribution in [-0.4, -0.2) is 38.7 Å². The van der Waals surface area contributed by atoms with E-state index in [0.717, 1.165) is 5.56 Å². The van der Waals surface area contributed by atoms with Gasteiger partial charge in [0.2, 0.25) is 11.8 Å². The van der Waals surface area contributed by atoms with Gasteiger partial charge in [-0.2, -0.15) is 0 Å². The van der Waals surface area contributed by atoms with Gasteiger partial charge in [-0.05, 0) is 50.6 Å². The van der Waals surface area contributed by atoms with Crippen molar-refractivity contribution in [2.24, 2.45) is 5.92 Å². The van der Waals surface area contributed by atoms with Crippen molar-refractivity contribution in [3.8, 4) is 17.2 Å². The normalized spacial score (nSPS) is 15.8. The molecule has 2 aromatic carbocycles. The summed E-state index contributed by atoms with van der Waals surface area (Å²) < 4.78 is 16.6. The van der Waals surface area contributed by atoms with Gasteiger partial charge in [-0.3, -0.25) is 9.59 Å². The lowest BCUT2D eigenvalue weighted by Gasteiger charge is -2.20. The Hall–Kier alpha value is -3.22. The highest BCUT2D eigenvalue weighted by Crippen LogP contribution is 2.35. The van der Waals surface area contributed by atoms with Crippen LogP contribution in [0.1, 0.15) is 25.8 Å². The third kappa shape index (κ3) is 4.67. The summed E-state index contributed by atoms with van der Waals surface area (Å²) in [5.74, 6) is 1.01. The second-order valence-corrected chi connectivity index (χ2v) is 7.09. The predicted octanol–water partition coefficient (Wildman–Crippen LogP) is 3.79. The summed E-state index contributed by atoms with van der Waals surface area (Å²) >= 11 is 0. The summed E-state index contributed by atoms with van der Waals surface area (Å²) in [6, 6.07) is 11.0. The molecule has 7 nitrogen and oxygen atoms in total. The van der Waals surface area contributed by atoms with Gasteiger partial charge in [-0.1, -0.05) is 6.07 Å². The second-order valence-electron chi connectivity index (χ2n) is 7.09. The number of hydrogen-bond donors (Lipinski definition) is 1. The molecule has 1 saturated heterocycles. The van der Waals surface area contributed by atoms with E-state index in [1.807, 2.05) is 39.0 Å². The molecule has 30 heavy (non-hydrogen) atoms. The molecule has 1 heterocycles. The second kappa shape index (κ2) is 9.52. The van der Waals surface area contributed by atoms with Crippen molar-refractivity contribution in [2.75, 3.05) is 37.1 Å². The zero-order valence-corrected chi connectivity index (χ0v) is 17.9. The first-order valence-corrected chi connectivity index (χ1v) is 10.1. The molecule has 160 valence electrons. The van der Waals surface area contributed by atoms with Gasteiger partial charge in [0, 0.05) is 19.0 Å². The maximum absolute atomic E-state index is 13.0. The van der Waals surface area contributed by atoms with Crippen molar-refractivity contribution in [3.63, 3.8) is 0 Å². The maximum Gasteiger partial charge on any atom is 0.229 e. The van der Waals surface area contributed by atoms with Gasteiger partial charge < -0.3 is 24.4 Å². The Balaban J connectivity index is 1.78. The summed E-state index contributed by atoms with van der Waals surface area (Å²) in [6.45, 7) is 7.01. The van der Waals surface area contributed by atoms with Gasteiger partial charge in [-0.15, -0.1) is 0 Å². The molecular weight excluding hydrogens is 384 g/mol. The van der Waals surface area contributed by atoms with Gasteiger partial charge in [0.25, 0.3) is 0 Å². The number of rotatable bonds is 8. The van der Waals surface area contributed by atoms with E-state index >= 15 is 0 Å². The fourth-order valence-electron chi connectivity index (χ4n) is 3.51. The summed E-state index contributed by atoms with van der Waals surface area (Å²) in [7, 11) is 1.57. The Kier molecular flexibility index (Phi) is 6.82. The number of benzene rings is 2. The van der Waals surface area contributed by atoms with E-state index in [4.69, 9.17) is 14.2 Å². The molecule has 0 radical (unpaired) electrons. The highest BCUT2D eigenvalue weighted by Gasteiger charge is 2.36. The van der Waals surface area contributed by atoms with E-state index in [9.17, 15) is 9.59 Å². The van der Waals surface area contributed by atoms with Crippen molar-refractivity contribution < 1.29 is 23.8 Å². The Morgan fingerprint density at radius 2 is 1.83 bits per heavy atom. The van der Waals surface area contributed by atoms with Crippen LogP contribution in [0.15, 0.2) is 36.4 Å². The van der Waals surface area contributed by atoms with Gasteiger partial charge in [0.05, 0.1) is 37.6 Å². The monoisotopic (exact) mass is 412 g/mol. The van der Waals surface area contributed by atoms with Crippen molar-refractivity contribution in [1.82, 2.24) is 0 Å². The van der Waals surface area contributed by atoms with Crippen LogP contribution in [0.4, 0.5) is 11.4 Å².